The van der Waals surface area contributed by atoms with E-state index in [0.717, 1.165) is 5.82 Å². The second kappa shape index (κ2) is 4.40. The molecule has 0 spiro atoms. The SMILES string of the molecule is CC(Nc1cnnc(Cl)n1)c1nncn1C. The van der Waals surface area contributed by atoms with Crippen LogP contribution in [-0.2, 0) is 7.05 Å². The number of halogens is 1. The summed E-state index contributed by atoms with van der Waals surface area (Å²) in [7, 11) is 1.87. The van der Waals surface area contributed by atoms with Crippen LogP contribution in [0.15, 0.2) is 12.5 Å². The highest BCUT2D eigenvalue weighted by molar-refractivity contribution is 6.28. The molecule has 0 saturated carbocycles. The van der Waals surface area contributed by atoms with Crippen molar-refractivity contribution in [3.05, 3.63) is 23.6 Å². The van der Waals surface area contributed by atoms with Crippen molar-refractivity contribution in [2.75, 3.05) is 5.32 Å². The van der Waals surface area contributed by atoms with Crippen LogP contribution in [-0.4, -0.2) is 29.9 Å². The molecule has 2 heterocycles. The third-order valence-corrected chi connectivity index (χ3v) is 2.19. The first-order chi connectivity index (χ1) is 7.66. The van der Waals surface area contributed by atoms with Crippen LogP contribution in [0.5, 0.6) is 0 Å². The van der Waals surface area contributed by atoms with Crippen LogP contribution in [0, 0.1) is 0 Å². The van der Waals surface area contributed by atoms with E-state index in [1.54, 1.807) is 6.33 Å². The first-order valence-corrected chi connectivity index (χ1v) is 5.00. The Labute approximate surface area is 96.9 Å². The lowest BCUT2D eigenvalue weighted by Crippen LogP contribution is -2.13. The molecule has 0 bridgehead atoms. The van der Waals surface area contributed by atoms with E-state index in [0.29, 0.717) is 5.82 Å². The molecule has 1 atom stereocenters. The topological polar surface area (TPSA) is 81.4 Å². The average molecular weight is 240 g/mol. The molecule has 0 amide bonds. The van der Waals surface area contributed by atoms with Crippen LogP contribution in [0.3, 0.4) is 0 Å². The molecule has 0 radical (unpaired) electrons. The van der Waals surface area contributed by atoms with Gasteiger partial charge in [-0.25, -0.2) is 0 Å². The summed E-state index contributed by atoms with van der Waals surface area (Å²) in [6.07, 6.45) is 3.14. The van der Waals surface area contributed by atoms with Crippen molar-refractivity contribution in [3.8, 4) is 0 Å². The van der Waals surface area contributed by atoms with Crippen LogP contribution < -0.4 is 5.32 Å². The van der Waals surface area contributed by atoms with Gasteiger partial charge in [-0.15, -0.1) is 15.3 Å². The average Bonchev–Trinajstić information content (AvgIpc) is 2.64. The van der Waals surface area contributed by atoms with E-state index in [-0.39, 0.29) is 11.3 Å². The molecule has 84 valence electrons. The molecule has 0 aromatic carbocycles. The minimum absolute atomic E-state index is 0.0414. The maximum atomic E-state index is 5.63. The fourth-order valence-corrected chi connectivity index (χ4v) is 1.46. The predicted octanol–water partition coefficient (Wildman–Crippen LogP) is 0.827. The molecular formula is C8H10ClN7. The standard InChI is InChI=1S/C8H10ClN7/c1-5(7-14-11-4-16(7)2)12-6-3-10-15-8(9)13-6/h3-5H,1-2H3,(H,12,13,15). The van der Waals surface area contributed by atoms with E-state index in [2.05, 4.69) is 30.7 Å². The van der Waals surface area contributed by atoms with Gasteiger partial charge in [0.1, 0.15) is 12.1 Å². The second-order valence-electron chi connectivity index (χ2n) is 3.28. The van der Waals surface area contributed by atoms with Gasteiger partial charge in [-0.05, 0) is 18.5 Å². The Morgan fingerprint density at radius 3 is 2.81 bits per heavy atom. The van der Waals surface area contributed by atoms with Crippen molar-refractivity contribution >= 4 is 17.4 Å². The maximum absolute atomic E-state index is 5.63. The molecule has 0 aliphatic rings. The minimum Gasteiger partial charge on any atom is -0.359 e. The van der Waals surface area contributed by atoms with Crippen LogP contribution in [0.4, 0.5) is 5.82 Å². The summed E-state index contributed by atoms with van der Waals surface area (Å²) in [5, 5.41) is 18.2. The smallest absolute Gasteiger partial charge is 0.244 e. The lowest BCUT2D eigenvalue weighted by atomic mass is 10.3. The first kappa shape index (κ1) is 10.7. The molecule has 7 nitrogen and oxygen atoms in total. The zero-order valence-electron chi connectivity index (χ0n) is 8.79. The van der Waals surface area contributed by atoms with Crippen molar-refractivity contribution in [1.82, 2.24) is 29.9 Å². The highest BCUT2D eigenvalue weighted by Gasteiger charge is 2.11. The van der Waals surface area contributed by atoms with E-state index in [4.69, 9.17) is 11.6 Å². The summed E-state index contributed by atoms with van der Waals surface area (Å²) in [6, 6.07) is -0.0414. The van der Waals surface area contributed by atoms with E-state index in [9.17, 15) is 0 Å². The van der Waals surface area contributed by atoms with Crippen LogP contribution >= 0.6 is 11.6 Å². The molecule has 1 unspecified atom stereocenters. The minimum atomic E-state index is -0.0414. The summed E-state index contributed by atoms with van der Waals surface area (Å²) < 4.78 is 1.83. The molecule has 2 rings (SSSR count). The molecule has 2 aromatic rings. The predicted molar refractivity (Wildman–Crippen MR) is 57.9 cm³/mol. The van der Waals surface area contributed by atoms with E-state index in [1.165, 1.54) is 6.20 Å². The van der Waals surface area contributed by atoms with Crippen LogP contribution in [0.25, 0.3) is 0 Å². The maximum Gasteiger partial charge on any atom is 0.244 e. The van der Waals surface area contributed by atoms with Gasteiger partial charge in [0.05, 0.1) is 12.2 Å². The molecule has 0 aliphatic carbocycles. The Kier molecular flexibility index (Phi) is 2.95. The van der Waals surface area contributed by atoms with Gasteiger partial charge in [-0.2, -0.15) is 10.1 Å². The molecule has 0 saturated heterocycles. The third-order valence-electron chi connectivity index (χ3n) is 2.03. The lowest BCUT2D eigenvalue weighted by Gasteiger charge is -2.12. The van der Waals surface area contributed by atoms with Gasteiger partial charge in [0.15, 0.2) is 5.82 Å². The fourth-order valence-electron chi connectivity index (χ4n) is 1.32. The first-order valence-electron chi connectivity index (χ1n) is 4.62. The largest absolute Gasteiger partial charge is 0.359 e. The van der Waals surface area contributed by atoms with Crippen LogP contribution in [0.1, 0.15) is 18.8 Å². The van der Waals surface area contributed by atoms with Gasteiger partial charge >= 0.3 is 0 Å². The number of aryl methyl sites for hydroxylation is 1. The second-order valence-corrected chi connectivity index (χ2v) is 3.61. The third kappa shape index (κ3) is 2.25. The highest BCUT2D eigenvalue weighted by Crippen LogP contribution is 2.14. The molecule has 2 aromatic heterocycles. The normalized spacial score (nSPS) is 12.4. The van der Waals surface area contributed by atoms with Gasteiger partial charge in [0.25, 0.3) is 0 Å². The summed E-state index contributed by atoms with van der Waals surface area (Å²) in [5.74, 6) is 1.35. The van der Waals surface area contributed by atoms with Gasteiger partial charge in [-0.3, -0.25) is 0 Å². The number of nitrogens with one attached hydrogen (secondary N) is 1. The monoisotopic (exact) mass is 239 g/mol. The quantitative estimate of drug-likeness (QED) is 0.854. The van der Waals surface area contributed by atoms with E-state index >= 15 is 0 Å². The van der Waals surface area contributed by atoms with Crippen molar-refractivity contribution < 1.29 is 0 Å². The fraction of sp³-hybridized carbons (Fsp3) is 0.375. The molecule has 16 heavy (non-hydrogen) atoms. The number of hydrogen-bond donors (Lipinski definition) is 1. The Balaban J connectivity index is 2.14. The highest BCUT2D eigenvalue weighted by atomic mass is 35.5. The Hall–Kier alpha value is -1.76. The zero-order valence-corrected chi connectivity index (χ0v) is 9.55. The number of anilines is 1. The summed E-state index contributed by atoms with van der Waals surface area (Å²) in [6.45, 7) is 1.94. The van der Waals surface area contributed by atoms with Gasteiger partial charge < -0.3 is 9.88 Å². The zero-order chi connectivity index (χ0) is 11.5. The van der Waals surface area contributed by atoms with Gasteiger partial charge in [0, 0.05) is 7.05 Å². The van der Waals surface area contributed by atoms with Crippen molar-refractivity contribution in [3.63, 3.8) is 0 Å². The number of nitrogens with zero attached hydrogens (tertiary/aromatic N) is 6. The van der Waals surface area contributed by atoms with Gasteiger partial charge in [0.2, 0.25) is 5.28 Å². The van der Waals surface area contributed by atoms with Crippen molar-refractivity contribution in [2.24, 2.45) is 7.05 Å². The van der Waals surface area contributed by atoms with E-state index in [1.807, 2.05) is 18.5 Å². The lowest BCUT2D eigenvalue weighted by molar-refractivity contribution is 0.714. The number of hydrogen-bond acceptors (Lipinski definition) is 6. The Morgan fingerprint density at radius 2 is 2.19 bits per heavy atom. The molecule has 8 heteroatoms. The molecule has 0 fully saturated rings. The summed E-state index contributed by atoms with van der Waals surface area (Å²) in [4.78, 5) is 3.98. The molecule has 1 N–H and O–H groups in total. The molecule has 0 aliphatic heterocycles. The van der Waals surface area contributed by atoms with E-state index < -0.39 is 0 Å². The Bertz CT molecular complexity index is 483. The number of rotatable bonds is 3. The Morgan fingerprint density at radius 1 is 1.38 bits per heavy atom. The van der Waals surface area contributed by atoms with Gasteiger partial charge in [-0.1, -0.05) is 0 Å². The van der Waals surface area contributed by atoms with Crippen LogP contribution in [0.2, 0.25) is 5.28 Å². The molecular weight excluding hydrogens is 230 g/mol. The summed E-state index contributed by atoms with van der Waals surface area (Å²) in [5.41, 5.74) is 0. The van der Waals surface area contributed by atoms with Crippen molar-refractivity contribution in [1.29, 1.82) is 0 Å². The summed E-state index contributed by atoms with van der Waals surface area (Å²) >= 11 is 5.63. The van der Waals surface area contributed by atoms with Crippen molar-refractivity contribution in [2.45, 2.75) is 13.0 Å². The number of aromatic nitrogens is 6.